The van der Waals surface area contributed by atoms with E-state index in [1.807, 2.05) is 49.6 Å². The van der Waals surface area contributed by atoms with Crippen molar-refractivity contribution in [2.45, 2.75) is 82.3 Å². The van der Waals surface area contributed by atoms with Gasteiger partial charge in [-0.15, -0.1) is 10.2 Å². The lowest BCUT2D eigenvalue weighted by Gasteiger charge is -2.24. The predicted octanol–water partition coefficient (Wildman–Crippen LogP) is 3.72. The van der Waals surface area contributed by atoms with Gasteiger partial charge in [0, 0.05) is 18.3 Å². The average Bonchev–Trinajstić information content (AvgIpc) is 3.11. The van der Waals surface area contributed by atoms with Gasteiger partial charge in [0.2, 0.25) is 11.8 Å². The van der Waals surface area contributed by atoms with Crippen molar-refractivity contribution in [3.05, 3.63) is 35.7 Å². The van der Waals surface area contributed by atoms with Crippen LogP contribution in [-0.2, 0) is 22.6 Å². The SMILES string of the molecule is CCn1c(CC(=O)Nc2ccccc2C)nnc1S[C@@H](C)C(=O)NC1CCCCC1. The number of hydrogen-bond acceptors (Lipinski definition) is 5. The number of benzene rings is 1. The molecule has 162 valence electrons. The number of aromatic nitrogens is 3. The van der Waals surface area contributed by atoms with E-state index in [1.54, 1.807) is 0 Å². The minimum atomic E-state index is -0.268. The molecule has 0 aliphatic heterocycles. The van der Waals surface area contributed by atoms with Crippen molar-refractivity contribution >= 4 is 29.3 Å². The van der Waals surface area contributed by atoms with Gasteiger partial charge in [0.25, 0.3) is 0 Å². The Morgan fingerprint density at radius 1 is 1.20 bits per heavy atom. The fourth-order valence-corrected chi connectivity index (χ4v) is 4.62. The number of carbonyl (C=O) groups excluding carboxylic acids is 2. The number of anilines is 1. The second-order valence-corrected chi connectivity index (χ2v) is 9.09. The van der Waals surface area contributed by atoms with E-state index in [1.165, 1.54) is 31.0 Å². The zero-order valence-corrected chi connectivity index (χ0v) is 18.8. The minimum Gasteiger partial charge on any atom is -0.352 e. The van der Waals surface area contributed by atoms with Crippen LogP contribution in [0.15, 0.2) is 29.4 Å². The lowest BCUT2D eigenvalue weighted by molar-refractivity contribution is -0.121. The normalized spacial score (nSPS) is 15.6. The Bertz CT molecular complexity index is 876. The van der Waals surface area contributed by atoms with Crippen LogP contribution in [0.5, 0.6) is 0 Å². The zero-order chi connectivity index (χ0) is 21.5. The fraction of sp³-hybridized carbons (Fsp3) is 0.545. The third-order valence-electron chi connectivity index (χ3n) is 5.45. The van der Waals surface area contributed by atoms with Crippen molar-refractivity contribution in [3.8, 4) is 0 Å². The molecule has 1 fully saturated rings. The molecule has 7 nitrogen and oxygen atoms in total. The molecule has 2 N–H and O–H groups in total. The van der Waals surface area contributed by atoms with E-state index >= 15 is 0 Å². The maximum atomic E-state index is 12.6. The molecule has 0 spiro atoms. The fourth-order valence-electron chi connectivity index (χ4n) is 3.68. The van der Waals surface area contributed by atoms with E-state index in [2.05, 4.69) is 20.8 Å². The summed E-state index contributed by atoms with van der Waals surface area (Å²) in [7, 11) is 0. The summed E-state index contributed by atoms with van der Waals surface area (Å²) < 4.78 is 1.91. The van der Waals surface area contributed by atoms with E-state index in [9.17, 15) is 9.59 Å². The number of nitrogens with zero attached hydrogens (tertiary/aromatic N) is 3. The number of rotatable bonds is 8. The van der Waals surface area contributed by atoms with Crippen LogP contribution in [-0.4, -0.2) is 37.9 Å². The van der Waals surface area contributed by atoms with Gasteiger partial charge >= 0.3 is 0 Å². The predicted molar refractivity (Wildman–Crippen MR) is 120 cm³/mol. The number of nitrogens with one attached hydrogen (secondary N) is 2. The molecule has 0 saturated heterocycles. The highest BCUT2D eigenvalue weighted by atomic mass is 32.2. The number of aryl methyl sites for hydroxylation is 1. The molecular weight excluding hydrogens is 398 g/mol. The van der Waals surface area contributed by atoms with E-state index in [0.29, 0.717) is 23.6 Å². The molecule has 1 aliphatic rings. The molecule has 2 amide bonds. The Labute approximate surface area is 182 Å². The first-order valence-electron chi connectivity index (χ1n) is 10.7. The van der Waals surface area contributed by atoms with Gasteiger partial charge in [-0.05, 0) is 45.2 Å². The van der Waals surface area contributed by atoms with Gasteiger partial charge in [-0.2, -0.15) is 0 Å². The van der Waals surface area contributed by atoms with Crippen molar-refractivity contribution in [3.63, 3.8) is 0 Å². The van der Waals surface area contributed by atoms with Crippen LogP contribution in [0.25, 0.3) is 0 Å². The number of amides is 2. The summed E-state index contributed by atoms with van der Waals surface area (Å²) in [6.07, 6.45) is 5.90. The Hall–Kier alpha value is -2.35. The second kappa shape index (κ2) is 10.6. The Balaban J connectivity index is 1.59. The molecule has 30 heavy (non-hydrogen) atoms. The largest absolute Gasteiger partial charge is 0.352 e. The molecule has 0 unspecified atom stereocenters. The summed E-state index contributed by atoms with van der Waals surface area (Å²) in [5, 5.41) is 15.0. The number of thioether (sulfide) groups is 1. The first-order chi connectivity index (χ1) is 14.5. The topological polar surface area (TPSA) is 88.9 Å². The van der Waals surface area contributed by atoms with Crippen molar-refractivity contribution in [2.24, 2.45) is 0 Å². The van der Waals surface area contributed by atoms with Crippen molar-refractivity contribution in [1.29, 1.82) is 0 Å². The molecule has 1 saturated carbocycles. The highest BCUT2D eigenvalue weighted by Gasteiger charge is 2.23. The maximum Gasteiger partial charge on any atom is 0.233 e. The van der Waals surface area contributed by atoms with Crippen LogP contribution in [0, 0.1) is 6.92 Å². The number of carbonyl (C=O) groups is 2. The maximum absolute atomic E-state index is 12.6. The van der Waals surface area contributed by atoms with Gasteiger partial charge in [-0.1, -0.05) is 49.2 Å². The molecule has 2 aromatic rings. The van der Waals surface area contributed by atoms with E-state index in [-0.39, 0.29) is 23.5 Å². The van der Waals surface area contributed by atoms with Crippen molar-refractivity contribution in [1.82, 2.24) is 20.1 Å². The molecular formula is C22H31N5O2S. The molecule has 0 radical (unpaired) electrons. The van der Waals surface area contributed by atoms with Gasteiger partial charge in [0.05, 0.1) is 11.7 Å². The van der Waals surface area contributed by atoms with E-state index < -0.39 is 0 Å². The molecule has 1 heterocycles. The smallest absolute Gasteiger partial charge is 0.233 e. The highest BCUT2D eigenvalue weighted by molar-refractivity contribution is 8.00. The molecule has 1 aromatic heterocycles. The third kappa shape index (κ3) is 5.84. The van der Waals surface area contributed by atoms with Gasteiger partial charge in [0.1, 0.15) is 5.82 Å². The molecule has 1 atom stereocenters. The van der Waals surface area contributed by atoms with Crippen LogP contribution in [0.4, 0.5) is 5.69 Å². The van der Waals surface area contributed by atoms with Crippen LogP contribution >= 0.6 is 11.8 Å². The van der Waals surface area contributed by atoms with Gasteiger partial charge in [-0.25, -0.2) is 0 Å². The molecule has 8 heteroatoms. The molecule has 0 bridgehead atoms. The molecule has 3 rings (SSSR count). The molecule has 1 aromatic carbocycles. The van der Waals surface area contributed by atoms with Crippen LogP contribution in [0.2, 0.25) is 0 Å². The number of hydrogen-bond donors (Lipinski definition) is 2. The Morgan fingerprint density at radius 3 is 2.63 bits per heavy atom. The Kier molecular flexibility index (Phi) is 7.90. The first-order valence-corrected chi connectivity index (χ1v) is 11.6. The van der Waals surface area contributed by atoms with E-state index in [4.69, 9.17) is 0 Å². The molecule has 1 aliphatic carbocycles. The van der Waals surface area contributed by atoms with Gasteiger partial charge in [-0.3, -0.25) is 9.59 Å². The third-order valence-corrected chi connectivity index (χ3v) is 6.53. The van der Waals surface area contributed by atoms with Gasteiger partial charge in [0.15, 0.2) is 5.16 Å². The minimum absolute atomic E-state index is 0.0383. The standard InChI is InChI=1S/C22H31N5O2S/c1-4-27-19(14-20(28)24-18-13-9-8-10-15(18)2)25-26-22(27)30-16(3)21(29)23-17-11-6-5-7-12-17/h8-10,13,16-17H,4-7,11-12,14H2,1-3H3,(H,23,29)(H,24,28)/t16-/m0/s1. The lowest BCUT2D eigenvalue weighted by atomic mass is 9.95. The quantitative estimate of drug-likeness (QED) is 0.625. The summed E-state index contributed by atoms with van der Waals surface area (Å²) >= 11 is 1.39. The highest BCUT2D eigenvalue weighted by Crippen LogP contribution is 2.24. The zero-order valence-electron chi connectivity index (χ0n) is 18.0. The Morgan fingerprint density at radius 2 is 1.93 bits per heavy atom. The lowest BCUT2D eigenvalue weighted by Crippen LogP contribution is -2.40. The average molecular weight is 430 g/mol. The van der Waals surface area contributed by atoms with Crippen LogP contribution in [0.1, 0.15) is 57.3 Å². The van der Waals surface area contributed by atoms with Crippen molar-refractivity contribution < 1.29 is 9.59 Å². The summed E-state index contributed by atoms with van der Waals surface area (Å²) in [5.74, 6) is 0.508. The van der Waals surface area contributed by atoms with E-state index in [0.717, 1.165) is 24.1 Å². The first kappa shape index (κ1) is 22.3. The summed E-state index contributed by atoms with van der Waals surface area (Å²) in [6, 6.07) is 7.96. The monoisotopic (exact) mass is 429 g/mol. The number of para-hydroxylation sites is 1. The van der Waals surface area contributed by atoms with Crippen LogP contribution < -0.4 is 10.6 Å². The van der Waals surface area contributed by atoms with Gasteiger partial charge < -0.3 is 15.2 Å². The van der Waals surface area contributed by atoms with Crippen molar-refractivity contribution in [2.75, 3.05) is 5.32 Å². The second-order valence-electron chi connectivity index (χ2n) is 7.79. The summed E-state index contributed by atoms with van der Waals surface area (Å²) in [4.78, 5) is 25.1. The van der Waals surface area contributed by atoms with Crippen LogP contribution in [0.3, 0.4) is 0 Å². The summed E-state index contributed by atoms with van der Waals surface area (Å²) in [5.41, 5.74) is 1.81. The summed E-state index contributed by atoms with van der Waals surface area (Å²) in [6.45, 7) is 6.48.